The van der Waals surface area contributed by atoms with E-state index in [1.54, 1.807) is 6.20 Å². The number of nitrogens with zero attached hydrogens (tertiary/aromatic N) is 1. The number of ether oxygens (including phenoxy) is 1. The number of aliphatic hydroxyl groups excluding tert-OH is 1. The summed E-state index contributed by atoms with van der Waals surface area (Å²) >= 11 is 0. The van der Waals surface area contributed by atoms with Crippen LogP contribution in [0.1, 0.15) is 51.6 Å². The fourth-order valence-electron chi connectivity index (χ4n) is 2.46. The highest BCUT2D eigenvalue weighted by molar-refractivity contribution is 5.20. The fraction of sp³-hybridized carbons (Fsp3) is 0.688. The highest BCUT2D eigenvalue weighted by Crippen LogP contribution is 2.23. The summed E-state index contributed by atoms with van der Waals surface area (Å²) in [5, 5.41) is 13.4. The SMILES string of the molecule is CC(C)NCc1ccc(OC2CCCCCC2O)cn1. The van der Waals surface area contributed by atoms with Crippen LogP contribution < -0.4 is 10.1 Å². The Balaban J connectivity index is 1.89. The van der Waals surface area contributed by atoms with Gasteiger partial charge < -0.3 is 15.2 Å². The molecule has 2 unspecified atom stereocenters. The van der Waals surface area contributed by atoms with E-state index < -0.39 is 0 Å². The summed E-state index contributed by atoms with van der Waals surface area (Å²) in [7, 11) is 0. The zero-order valence-corrected chi connectivity index (χ0v) is 12.5. The van der Waals surface area contributed by atoms with Crippen LogP contribution in [0, 0.1) is 0 Å². The van der Waals surface area contributed by atoms with Crippen LogP contribution in [0.25, 0.3) is 0 Å². The zero-order chi connectivity index (χ0) is 14.4. The average molecular weight is 278 g/mol. The van der Waals surface area contributed by atoms with Gasteiger partial charge in [0.2, 0.25) is 0 Å². The van der Waals surface area contributed by atoms with Crippen LogP contribution in [0.2, 0.25) is 0 Å². The first-order valence-electron chi connectivity index (χ1n) is 7.68. The number of aliphatic hydroxyl groups is 1. The monoisotopic (exact) mass is 278 g/mol. The van der Waals surface area contributed by atoms with Crippen LogP contribution in [-0.4, -0.2) is 28.3 Å². The molecule has 1 aliphatic carbocycles. The molecule has 0 bridgehead atoms. The molecule has 0 radical (unpaired) electrons. The lowest BCUT2D eigenvalue weighted by molar-refractivity contribution is 0.0317. The number of rotatable bonds is 5. The first-order chi connectivity index (χ1) is 9.65. The smallest absolute Gasteiger partial charge is 0.138 e. The summed E-state index contributed by atoms with van der Waals surface area (Å²) in [6.45, 7) is 5.00. The Bertz CT molecular complexity index is 392. The summed E-state index contributed by atoms with van der Waals surface area (Å²) in [5.41, 5.74) is 1.01. The molecule has 2 atom stereocenters. The largest absolute Gasteiger partial charge is 0.486 e. The molecule has 1 aromatic rings. The molecule has 4 nitrogen and oxygen atoms in total. The van der Waals surface area contributed by atoms with Crippen LogP contribution in [0.15, 0.2) is 18.3 Å². The van der Waals surface area contributed by atoms with E-state index >= 15 is 0 Å². The van der Waals surface area contributed by atoms with Gasteiger partial charge in [-0.15, -0.1) is 0 Å². The molecule has 0 spiro atoms. The summed E-state index contributed by atoms with van der Waals surface area (Å²) < 4.78 is 5.90. The fourth-order valence-corrected chi connectivity index (χ4v) is 2.46. The first kappa shape index (κ1) is 15.3. The van der Waals surface area contributed by atoms with Crippen molar-refractivity contribution in [1.82, 2.24) is 10.3 Å². The van der Waals surface area contributed by atoms with Gasteiger partial charge in [-0.25, -0.2) is 0 Å². The Morgan fingerprint density at radius 2 is 2.10 bits per heavy atom. The molecule has 0 amide bonds. The van der Waals surface area contributed by atoms with Gasteiger partial charge in [0.15, 0.2) is 0 Å². The molecule has 2 N–H and O–H groups in total. The van der Waals surface area contributed by atoms with Crippen molar-refractivity contribution in [2.75, 3.05) is 0 Å². The summed E-state index contributed by atoms with van der Waals surface area (Å²) in [6.07, 6.45) is 6.51. The van der Waals surface area contributed by atoms with Gasteiger partial charge in [-0.05, 0) is 31.4 Å². The molecule has 1 heterocycles. The molecule has 1 aliphatic rings. The maximum atomic E-state index is 10.1. The van der Waals surface area contributed by atoms with Gasteiger partial charge in [-0.2, -0.15) is 0 Å². The van der Waals surface area contributed by atoms with Crippen LogP contribution in [-0.2, 0) is 6.54 Å². The Hall–Kier alpha value is -1.13. The van der Waals surface area contributed by atoms with Gasteiger partial charge in [-0.3, -0.25) is 4.98 Å². The normalized spacial score (nSPS) is 23.6. The lowest BCUT2D eigenvalue weighted by atomic mass is 10.1. The molecule has 1 fully saturated rings. The van der Waals surface area contributed by atoms with E-state index in [0.717, 1.165) is 43.7 Å². The topological polar surface area (TPSA) is 54.4 Å². The predicted octanol–water partition coefficient (Wildman–Crippen LogP) is 2.65. The third kappa shape index (κ3) is 4.76. The maximum absolute atomic E-state index is 10.1. The third-order valence-electron chi connectivity index (χ3n) is 3.69. The van der Waals surface area contributed by atoms with Crippen molar-refractivity contribution in [3.63, 3.8) is 0 Å². The van der Waals surface area contributed by atoms with E-state index in [-0.39, 0.29) is 12.2 Å². The molecular formula is C16H26N2O2. The minimum Gasteiger partial charge on any atom is -0.486 e. The Morgan fingerprint density at radius 1 is 1.30 bits per heavy atom. The van der Waals surface area contributed by atoms with Crippen LogP contribution in [0.5, 0.6) is 5.75 Å². The molecule has 1 saturated carbocycles. The van der Waals surface area contributed by atoms with E-state index in [2.05, 4.69) is 24.1 Å². The van der Waals surface area contributed by atoms with Crippen LogP contribution >= 0.6 is 0 Å². The van der Waals surface area contributed by atoms with E-state index in [4.69, 9.17) is 4.74 Å². The van der Waals surface area contributed by atoms with Gasteiger partial charge >= 0.3 is 0 Å². The van der Waals surface area contributed by atoms with Crippen molar-refractivity contribution in [1.29, 1.82) is 0 Å². The Kier molecular flexibility index (Phi) is 5.80. The molecular weight excluding hydrogens is 252 g/mol. The summed E-state index contributed by atoms with van der Waals surface area (Å²) in [4.78, 5) is 4.40. The van der Waals surface area contributed by atoms with Crippen molar-refractivity contribution < 1.29 is 9.84 Å². The second-order valence-electron chi connectivity index (χ2n) is 5.88. The average Bonchev–Trinajstić information content (AvgIpc) is 2.63. The van der Waals surface area contributed by atoms with Crippen molar-refractivity contribution in [3.05, 3.63) is 24.0 Å². The third-order valence-corrected chi connectivity index (χ3v) is 3.69. The quantitative estimate of drug-likeness (QED) is 0.813. The number of aromatic nitrogens is 1. The minimum absolute atomic E-state index is 0.0843. The minimum atomic E-state index is -0.347. The Morgan fingerprint density at radius 3 is 2.80 bits per heavy atom. The molecule has 0 saturated heterocycles. The van der Waals surface area contributed by atoms with Crippen molar-refractivity contribution in [2.45, 2.75) is 70.7 Å². The first-order valence-corrected chi connectivity index (χ1v) is 7.68. The molecule has 20 heavy (non-hydrogen) atoms. The number of hydrogen-bond acceptors (Lipinski definition) is 4. The van der Waals surface area contributed by atoms with E-state index in [0.29, 0.717) is 6.04 Å². The van der Waals surface area contributed by atoms with Crippen molar-refractivity contribution in [3.8, 4) is 5.75 Å². The second-order valence-corrected chi connectivity index (χ2v) is 5.88. The molecule has 112 valence electrons. The number of hydrogen-bond donors (Lipinski definition) is 2. The van der Waals surface area contributed by atoms with E-state index in [1.165, 1.54) is 6.42 Å². The molecule has 0 aliphatic heterocycles. The van der Waals surface area contributed by atoms with Crippen LogP contribution in [0.4, 0.5) is 0 Å². The van der Waals surface area contributed by atoms with Gasteiger partial charge in [-0.1, -0.05) is 26.7 Å². The number of pyridine rings is 1. The highest BCUT2D eigenvalue weighted by atomic mass is 16.5. The lowest BCUT2D eigenvalue weighted by Gasteiger charge is -2.21. The maximum Gasteiger partial charge on any atom is 0.138 e. The van der Waals surface area contributed by atoms with Crippen LogP contribution in [0.3, 0.4) is 0 Å². The molecule has 4 heteroatoms. The van der Waals surface area contributed by atoms with Gasteiger partial charge in [0, 0.05) is 12.6 Å². The second kappa shape index (κ2) is 7.60. The summed E-state index contributed by atoms with van der Waals surface area (Å²) in [5.74, 6) is 0.754. The highest BCUT2D eigenvalue weighted by Gasteiger charge is 2.23. The van der Waals surface area contributed by atoms with E-state index in [9.17, 15) is 5.11 Å². The standard InChI is InChI=1S/C16H26N2O2/c1-12(2)17-10-13-8-9-14(11-18-13)20-16-7-5-3-4-6-15(16)19/h8-9,11-12,15-17,19H,3-7,10H2,1-2H3. The molecule has 2 rings (SSSR count). The van der Waals surface area contributed by atoms with Gasteiger partial charge in [0.05, 0.1) is 18.0 Å². The van der Waals surface area contributed by atoms with Crippen molar-refractivity contribution >= 4 is 0 Å². The predicted molar refractivity (Wildman–Crippen MR) is 79.7 cm³/mol. The van der Waals surface area contributed by atoms with Gasteiger partial charge in [0.1, 0.15) is 11.9 Å². The van der Waals surface area contributed by atoms with Gasteiger partial charge in [0.25, 0.3) is 0 Å². The summed E-state index contributed by atoms with van der Waals surface area (Å²) in [6, 6.07) is 4.38. The zero-order valence-electron chi connectivity index (χ0n) is 12.5. The molecule has 0 aromatic carbocycles. The van der Waals surface area contributed by atoms with Crippen molar-refractivity contribution in [2.24, 2.45) is 0 Å². The molecule has 1 aromatic heterocycles. The Labute approximate surface area is 121 Å². The number of nitrogens with one attached hydrogen (secondary N) is 1. The van der Waals surface area contributed by atoms with E-state index in [1.807, 2.05) is 12.1 Å². The lowest BCUT2D eigenvalue weighted by Crippen LogP contribution is -2.30.